The third kappa shape index (κ3) is 3.63. The molecule has 1 aromatic carbocycles. The minimum Gasteiger partial charge on any atom is -0.374 e. The maximum absolute atomic E-state index is 13.1. The van der Waals surface area contributed by atoms with E-state index in [0.29, 0.717) is 24.7 Å². The second-order valence-corrected chi connectivity index (χ2v) is 6.03. The van der Waals surface area contributed by atoms with E-state index in [2.05, 4.69) is 22.2 Å². The molecule has 1 aromatic rings. The van der Waals surface area contributed by atoms with Gasteiger partial charge in [-0.1, -0.05) is 6.07 Å². The number of morpholine rings is 1. The molecule has 0 spiro atoms. The van der Waals surface area contributed by atoms with Gasteiger partial charge in [-0.15, -0.1) is 0 Å². The number of likely N-dealkylation sites (tertiary alicyclic amines) is 1. The number of hydrogen-bond donors (Lipinski definition) is 1. The summed E-state index contributed by atoms with van der Waals surface area (Å²) in [5, 5.41) is 2.73. The Kier molecular flexibility index (Phi) is 4.71. The zero-order chi connectivity index (χ0) is 15.5. The zero-order valence-electron chi connectivity index (χ0n) is 12.8. The molecular weight excluding hydrogens is 285 g/mol. The first kappa shape index (κ1) is 15.4. The minimum absolute atomic E-state index is 0.0882. The van der Waals surface area contributed by atoms with Crippen LogP contribution in [0, 0.1) is 5.82 Å². The summed E-state index contributed by atoms with van der Waals surface area (Å²) in [6.45, 7) is 4.27. The van der Waals surface area contributed by atoms with E-state index >= 15 is 0 Å². The maximum atomic E-state index is 13.1. The first-order valence-corrected chi connectivity index (χ1v) is 7.71. The quantitative estimate of drug-likeness (QED) is 0.907. The Morgan fingerprint density at radius 2 is 2.32 bits per heavy atom. The number of ether oxygens (including phenoxy) is 1. The fourth-order valence-corrected chi connectivity index (χ4v) is 3.17. The van der Waals surface area contributed by atoms with Crippen molar-refractivity contribution in [1.29, 1.82) is 0 Å². The van der Waals surface area contributed by atoms with Crippen LogP contribution < -0.4 is 5.32 Å². The van der Waals surface area contributed by atoms with E-state index in [4.69, 9.17) is 4.74 Å². The van der Waals surface area contributed by atoms with Gasteiger partial charge in [-0.25, -0.2) is 4.39 Å². The molecular formula is C16H22FN3O2. The molecule has 1 amide bonds. The Morgan fingerprint density at radius 1 is 1.45 bits per heavy atom. The molecule has 2 fully saturated rings. The van der Waals surface area contributed by atoms with Crippen LogP contribution in [0.4, 0.5) is 10.1 Å². The number of benzene rings is 1. The molecule has 2 aliphatic rings. The van der Waals surface area contributed by atoms with E-state index in [1.807, 2.05) is 0 Å². The molecule has 0 bridgehead atoms. The number of likely N-dealkylation sites (N-methyl/N-ethyl adjacent to an activating group) is 1. The molecule has 0 aromatic heterocycles. The highest BCUT2D eigenvalue weighted by molar-refractivity contribution is 5.90. The van der Waals surface area contributed by atoms with Crippen LogP contribution in [0.25, 0.3) is 0 Å². The van der Waals surface area contributed by atoms with Gasteiger partial charge < -0.3 is 10.1 Å². The number of anilines is 1. The number of nitrogens with one attached hydrogen (secondary N) is 1. The molecule has 22 heavy (non-hydrogen) atoms. The molecule has 6 heteroatoms. The van der Waals surface area contributed by atoms with E-state index in [0.717, 1.165) is 26.2 Å². The second kappa shape index (κ2) is 6.73. The van der Waals surface area contributed by atoms with Crippen molar-refractivity contribution < 1.29 is 13.9 Å². The SMILES string of the molecule is CN1CCO[C@@H]2CN(CCC(=O)Nc3cccc(F)c3)C[C@H]21. The number of hydrogen-bond acceptors (Lipinski definition) is 4. The van der Waals surface area contributed by atoms with Crippen LogP contribution >= 0.6 is 0 Å². The Labute approximate surface area is 130 Å². The van der Waals surface area contributed by atoms with Crippen molar-refractivity contribution in [2.75, 3.05) is 45.2 Å². The highest BCUT2D eigenvalue weighted by atomic mass is 19.1. The fourth-order valence-electron chi connectivity index (χ4n) is 3.17. The average molecular weight is 307 g/mol. The summed E-state index contributed by atoms with van der Waals surface area (Å²) in [4.78, 5) is 16.6. The predicted octanol–water partition coefficient (Wildman–Crippen LogP) is 1.17. The lowest BCUT2D eigenvalue weighted by Crippen LogP contribution is -2.48. The highest BCUT2D eigenvalue weighted by Crippen LogP contribution is 2.21. The van der Waals surface area contributed by atoms with Crippen molar-refractivity contribution in [2.24, 2.45) is 0 Å². The van der Waals surface area contributed by atoms with Gasteiger partial charge in [0.25, 0.3) is 0 Å². The molecule has 1 N–H and O–H groups in total. The van der Waals surface area contributed by atoms with Crippen molar-refractivity contribution in [3.8, 4) is 0 Å². The topological polar surface area (TPSA) is 44.8 Å². The third-order valence-electron chi connectivity index (χ3n) is 4.42. The number of nitrogens with zero attached hydrogens (tertiary/aromatic N) is 2. The zero-order valence-corrected chi connectivity index (χ0v) is 12.8. The number of rotatable bonds is 4. The van der Waals surface area contributed by atoms with Gasteiger partial charge in [0.15, 0.2) is 0 Å². The van der Waals surface area contributed by atoms with Crippen LogP contribution in [0.1, 0.15) is 6.42 Å². The molecule has 0 unspecified atom stereocenters. The normalized spacial score (nSPS) is 25.9. The van der Waals surface area contributed by atoms with Crippen LogP contribution in [0.15, 0.2) is 24.3 Å². The summed E-state index contributed by atoms with van der Waals surface area (Å²) >= 11 is 0. The van der Waals surface area contributed by atoms with Gasteiger partial charge in [0.2, 0.25) is 5.91 Å². The molecule has 2 aliphatic heterocycles. The number of carbonyl (C=O) groups excluding carboxylic acids is 1. The van der Waals surface area contributed by atoms with Crippen LogP contribution in [-0.2, 0) is 9.53 Å². The summed E-state index contributed by atoms with van der Waals surface area (Å²) in [5.74, 6) is -0.434. The van der Waals surface area contributed by atoms with Gasteiger partial charge in [-0.3, -0.25) is 14.6 Å². The van der Waals surface area contributed by atoms with E-state index in [-0.39, 0.29) is 17.8 Å². The number of halogens is 1. The molecule has 5 nitrogen and oxygen atoms in total. The largest absolute Gasteiger partial charge is 0.374 e. The Bertz CT molecular complexity index is 540. The molecule has 3 rings (SSSR count). The van der Waals surface area contributed by atoms with Crippen molar-refractivity contribution in [2.45, 2.75) is 18.6 Å². The van der Waals surface area contributed by atoms with Gasteiger partial charge in [-0.2, -0.15) is 0 Å². The van der Waals surface area contributed by atoms with Crippen LogP contribution in [0.5, 0.6) is 0 Å². The molecule has 2 saturated heterocycles. The van der Waals surface area contributed by atoms with Crippen molar-refractivity contribution in [3.63, 3.8) is 0 Å². The third-order valence-corrected chi connectivity index (χ3v) is 4.42. The van der Waals surface area contributed by atoms with Crippen LogP contribution in [0.3, 0.4) is 0 Å². The maximum Gasteiger partial charge on any atom is 0.225 e. The lowest BCUT2D eigenvalue weighted by atomic mass is 10.1. The predicted molar refractivity (Wildman–Crippen MR) is 82.2 cm³/mol. The molecule has 2 heterocycles. The molecule has 120 valence electrons. The van der Waals surface area contributed by atoms with Crippen LogP contribution in [-0.4, -0.2) is 67.7 Å². The second-order valence-electron chi connectivity index (χ2n) is 6.03. The van der Waals surface area contributed by atoms with Gasteiger partial charge in [-0.05, 0) is 25.2 Å². The highest BCUT2D eigenvalue weighted by Gasteiger charge is 2.38. The molecule has 2 atom stereocenters. The molecule has 0 saturated carbocycles. The Morgan fingerprint density at radius 3 is 3.09 bits per heavy atom. The fraction of sp³-hybridized carbons (Fsp3) is 0.562. The van der Waals surface area contributed by atoms with Gasteiger partial charge in [0.05, 0.1) is 12.7 Å². The monoisotopic (exact) mass is 307 g/mol. The summed E-state index contributed by atoms with van der Waals surface area (Å²) in [5.41, 5.74) is 0.503. The summed E-state index contributed by atoms with van der Waals surface area (Å²) in [7, 11) is 2.13. The molecule has 0 aliphatic carbocycles. The van der Waals surface area contributed by atoms with Crippen LogP contribution in [0.2, 0.25) is 0 Å². The molecule has 0 radical (unpaired) electrons. The number of fused-ring (bicyclic) bond motifs is 1. The van der Waals surface area contributed by atoms with Gasteiger partial charge in [0, 0.05) is 44.3 Å². The Hall–Kier alpha value is -1.50. The summed E-state index contributed by atoms with van der Waals surface area (Å²) < 4.78 is 18.9. The number of amides is 1. The smallest absolute Gasteiger partial charge is 0.225 e. The van der Waals surface area contributed by atoms with Gasteiger partial charge in [0.1, 0.15) is 5.82 Å². The Balaban J connectivity index is 1.46. The van der Waals surface area contributed by atoms with Gasteiger partial charge >= 0.3 is 0 Å². The lowest BCUT2D eigenvalue weighted by Gasteiger charge is -2.33. The number of carbonyl (C=O) groups is 1. The lowest BCUT2D eigenvalue weighted by molar-refractivity contribution is -0.116. The first-order chi connectivity index (χ1) is 10.6. The summed E-state index contributed by atoms with van der Waals surface area (Å²) in [6.07, 6.45) is 0.657. The van der Waals surface area contributed by atoms with E-state index in [1.54, 1.807) is 12.1 Å². The van der Waals surface area contributed by atoms with E-state index in [9.17, 15) is 9.18 Å². The van der Waals surface area contributed by atoms with Crippen molar-refractivity contribution in [3.05, 3.63) is 30.1 Å². The minimum atomic E-state index is -0.346. The first-order valence-electron chi connectivity index (χ1n) is 7.71. The standard InChI is InChI=1S/C16H22FN3O2/c1-19-7-8-22-15-11-20(10-14(15)19)6-5-16(21)18-13-4-2-3-12(17)9-13/h2-4,9,14-15H,5-8,10-11H2,1H3,(H,18,21)/t14-,15-/m1/s1. The van der Waals surface area contributed by atoms with E-state index in [1.165, 1.54) is 12.1 Å². The van der Waals surface area contributed by atoms with Crippen molar-refractivity contribution >= 4 is 11.6 Å². The van der Waals surface area contributed by atoms with E-state index < -0.39 is 0 Å². The van der Waals surface area contributed by atoms with Crippen molar-refractivity contribution in [1.82, 2.24) is 9.80 Å². The average Bonchev–Trinajstić information content (AvgIpc) is 2.90. The summed E-state index contributed by atoms with van der Waals surface area (Å²) in [6, 6.07) is 6.39.